The Labute approximate surface area is 140 Å². The van der Waals surface area contributed by atoms with Crippen molar-refractivity contribution in [2.75, 3.05) is 19.6 Å². The van der Waals surface area contributed by atoms with Gasteiger partial charge in [0.05, 0.1) is 0 Å². The van der Waals surface area contributed by atoms with Crippen molar-refractivity contribution in [2.24, 2.45) is 5.92 Å². The van der Waals surface area contributed by atoms with Crippen LogP contribution in [0.25, 0.3) is 0 Å². The lowest BCUT2D eigenvalue weighted by Gasteiger charge is -2.46. The molecule has 1 saturated carbocycles. The molecular formula is C19H29ClN2. The maximum Gasteiger partial charge on any atom is 0.0450 e. The van der Waals surface area contributed by atoms with Gasteiger partial charge in [-0.2, -0.15) is 0 Å². The highest BCUT2D eigenvalue weighted by Gasteiger charge is 2.40. The summed E-state index contributed by atoms with van der Waals surface area (Å²) in [6.07, 6.45) is 8.21. The van der Waals surface area contributed by atoms with Gasteiger partial charge in [0.1, 0.15) is 0 Å². The molecule has 2 aliphatic rings. The van der Waals surface area contributed by atoms with Crippen LogP contribution in [0.5, 0.6) is 0 Å². The van der Waals surface area contributed by atoms with E-state index in [9.17, 15) is 0 Å². The highest BCUT2D eigenvalue weighted by molar-refractivity contribution is 6.31. The highest BCUT2D eigenvalue weighted by atomic mass is 35.5. The molecule has 0 atom stereocenters. The molecule has 2 nitrogen and oxygen atoms in total. The molecule has 1 aromatic rings. The molecule has 0 spiro atoms. The summed E-state index contributed by atoms with van der Waals surface area (Å²) in [7, 11) is 0. The van der Waals surface area contributed by atoms with Crippen LogP contribution in [0.15, 0.2) is 24.3 Å². The van der Waals surface area contributed by atoms with E-state index in [1.807, 2.05) is 12.1 Å². The average Bonchev–Trinajstić information content (AvgIpc) is 3.06. The lowest BCUT2D eigenvalue weighted by atomic mass is 9.76. The quantitative estimate of drug-likeness (QED) is 0.860. The first-order valence-corrected chi connectivity index (χ1v) is 9.27. The van der Waals surface area contributed by atoms with Crippen molar-refractivity contribution < 1.29 is 0 Å². The van der Waals surface area contributed by atoms with Crippen LogP contribution in [0.1, 0.15) is 51.0 Å². The molecule has 0 amide bonds. The van der Waals surface area contributed by atoms with Gasteiger partial charge in [-0.3, -0.25) is 4.90 Å². The molecule has 1 N–H and O–H groups in total. The number of nitrogens with one attached hydrogen (secondary N) is 1. The summed E-state index contributed by atoms with van der Waals surface area (Å²) in [5.41, 5.74) is 1.61. The highest BCUT2D eigenvalue weighted by Crippen LogP contribution is 2.38. The first-order chi connectivity index (χ1) is 10.7. The fraction of sp³-hybridized carbons (Fsp3) is 0.684. The third-order valence-electron chi connectivity index (χ3n) is 5.71. The zero-order valence-corrected chi connectivity index (χ0v) is 14.5. The second-order valence-corrected chi connectivity index (χ2v) is 7.70. The number of halogens is 1. The summed E-state index contributed by atoms with van der Waals surface area (Å²) in [6, 6.07) is 8.18. The van der Waals surface area contributed by atoms with Crippen molar-refractivity contribution in [1.82, 2.24) is 10.2 Å². The van der Waals surface area contributed by atoms with Gasteiger partial charge >= 0.3 is 0 Å². The Kier molecular flexibility index (Phi) is 5.43. The molecule has 1 aliphatic carbocycles. The summed E-state index contributed by atoms with van der Waals surface area (Å²) in [5.74, 6) is 0.902. The monoisotopic (exact) mass is 320 g/mol. The predicted molar refractivity (Wildman–Crippen MR) is 94.3 cm³/mol. The Morgan fingerprint density at radius 2 is 1.86 bits per heavy atom. The predicted octanol–water partition coefficient (Wildman–Crippen LogP) is 4.47. The summed E-state index contributed by atoms with van der Waals surface area (Å²) in [4.78, 5) is 2.78. The Balaban J connectivity index is 1.62. The minimum atomic E-state index is 0.393. The average molecular weight is 321 g/mol. The lowest BCUT2D eigenvalue weighted by Crippen LogP contribution is -2.55. The minimum Gasteiger partial charge on any atom is -0.311 e. The second-order valence-electron chi connectivity index (χ2n) is 7.30. The van der Waals surface area contributed by atoms with E-state index in [1.165, 1.54) is 57.2 Å². The van der Waals surface area contributed by atoms with Crippen molar-refractivity contribution >= 4 is 11.6 Å². The Hall–Kier alpha value is -0.570. The maximum absolute atomic E-state index is 6.28. The van der Waals surface area contributed by atoms with Crippen LogP contribution < -0.4 is 5.32 Å². The largest absolute Gasteiger partial charge is 0.311 e. The SMILES string of the molecule is CC1CCC(CNCc2ccccc2Cl)(N2CCCC2)CC1. The van der Waals surface area contributed by atoms with E-state index in [4.69, 9.17) is 11.6 Å². The van der Waals surface area contributed by atoms with Gasteiger partial charge in [0, 0.05) is 23.7 Å². The van der Waals surface area contributed by atoms with Crippen LogP contribution in [0, 0.1) is 5.92 Å². The fourth-order valence-corrected chi connectivity index (χ4v) is 4.37. The summed E-state index contributed by atoms with van der Waals surface area (Å²) in [6.45, 7) is 6.98. The standard InChI is InChI=1S/C19H29ClN2/c1-16-8-10-19(11-9-16,22-12-4-5-13-22)15-21-14-17-6-2-3-7-18(17)20/h2-3,6-7,16,21H,4-5,8-15H2,1H3. The van der Waals surface area contributed by atoms with Gasteiger partial charge in [-0.25, -0.2) is 0 Å². The third-order valence-corrected chi connectivity index (χ3v) is 6.08. The van der Waals surface area contributed by atoms with Gasteiger partial charge in [0.15, 0.2) is 0 Å². The van der Waals surface area contributed by atoms with E-state index in [1.54, 1.807) is 0 Å². The van der Waals surface area contributed by atoms with Crippen LogP contribution in [-0.2, 0) is 6.54 Å². The summed E-state index contributed by atoms with van der Waals surface area (Å²) < 4.78 is 0. The Morgan fingerprint density at radius 1 is 1.18 bits per heavy atom. The molecule has 1 saturated heterocycles. The molecule has 0 radical (unpaired) electrons. The van der Waals surface area contributed by atoms with Crippen LogP contribution in [0.2, 0.25) is 5.02 Å². The first kappa shape index (κ1) is 16.3. The summed E-state index contributed by atoms with van der Waals surface area (Å²) >= 11 is 6.28. The minimum absolute atomic E-state index is 0.393. The molecule has 3 rings (SSSR count). The molecule has 0 bridgehead atoms. The van der Waals surface area contributed by atoms with E-state index < -0.39 is 0 Å². The molecule has 122 valence electrons. The summed E-state index contributed by atoms with van der Waals surface area (Å²) in [5, 5.41) is 4.60. The molecule has 3 heteroatoms. The molecule has 1 aromatic carbocycles. The van der Waals surface area contributed by atoms with Crippen LogP contribution in [0.4, 0.5) is 0 Å². The number of hydrogen-bond acceptors (Lipinski definition) is 2. The van der Waals surface area contributed by atoms with Crippen molar-refractivity contribution in [2.45, 2.75) is 57.5 Å². The van der Waals surface area contributed by atoms with Crippen molar-refractivity contribution in [1.29, 1.82) is 0 Å². The first-order valence-electron chi connectivity index (χ1n) is 8.89. The normalized spacial score (nSPS) is 29.8. The third kappa shape index (κ3) is 3.67. The Bertz CT molecular complexity index is 474. The van der Waals surface area contributed by atoms with Gasteiger partial charge in [0.2, 0.25) is 0 Å². The van der Waals surface area contributed by atoms with Gasteiger partial charge in [-0.15, -0.1) is 0 Å². The molecule has 2 fully saturated rings. The Morgan fingerprint density at radius 3 is 2.55 bits per heavy atom. The van der Waals surface area contributed by atoms with Crippen LogP contribution in [0.3, 0.4) is 0 Å². The molecule has 0 unspecified atom stereocenters. The van der Waals surface area contributed by atoms with E-state index in [2.05, 4.69) is 29.3 Å². The topological polar surface area (TPSA) is 15.3 Å². The van der Waals surface area contributed by atoms with Crippen LogP contribution in [-0.4, -0.2) is 30.1 Å². The number of likely N-dealkylation sites (tertiary alicyclic amines) is 1. The van der Waals surface area contributed by atoms with Gasteiger partial charge in [-0.1, -0.05) is 36.7 Å². The van der Waals surface area contributed by atoms with E-state index in [-0.39, 0.29) is 0 Å². The molecule has 0 aromatic heterocycles. The van der Waals surface area contributed by atoms with E-state index in [0.29, 0.717) is 5.54 Å². The van der Waals surface area contributed by atoms with E-state index >= 15 is 0 Å². The molecular weight excluding hydrogens is 292 g/mol. The number of rotatable bonds is 5. The van der Waals surface area contributed by atoms with Crippen LogP contribution >= 0.6 is 11.6 Å². The van der Waals surface area contributed by atoms with Crippen molar-refractivity contribution in [3.8, 4) is 0 Å². The molecule has 1 aliphatic heterocycles. The van der Waals surface area contributed by atoms with Gasteiger partial charge < -0.3 is 5.32 Å². The fourth-order valence-electron chi connectivity index (χ4n) is 4.17. The van der Waals surface area contributed by atoms with Crippen molar-refractivity contribution in [3.63, 3.8) is 0 Å². The number of hydrogen-bond donors (Lipinski definition) is 1. The molecule has 1 heterocycles. The maximum atomic E-state index is 6.28. The number of benzene rings is 1. The smallest absolute Gasteiger partial charge is 0.0450 e. The molecule has 22 heavy (non-hydrogen) atoms. The van der Waals surface area contributed by atoms with Gasteiger partial charge in [0.25, 0.3) is 0 Å². The van der Waals surface area contributed by atoms with Crippen molar-refractivity contribution in [3.05, 3.63) is 34.9 Å². The second kappa shape index (κ2) is 7.33. The van der Waals surface area contributed by atoms with Gasteiger partial charge in [-0.05, 0) is 69.2 Å². The zero-order chi connectivity index (χ0) is 15.4. The number of nitrogens with zero attached hydrogens (tertiary/aromatic N) is 1. The lowest BCUT2D eigenvalue weighted by molar-refractivity contribution is 0.0578. The van der Waals surface area contributed by atoms with E-state index in [0.717, 1.165) is 24.0 Å². The zero-order valence-electron chi connectivity index (χ0n) is 13.8.